The second-order valence-corrected chi connectivity index (χ2v) is 7.89. The quantitative estimate of drug-likeness (QED) is 0.486. The highest BCUT2D eigenvalue weighted by molar-refractivity contribution is 7.21. The maximum absolute atomic E-state index is 12.5. The van der Waals surface area contributed by atoms with Gasteiger partial charge in [0.25, 0.3) is 5.91 Å². The molecule has 5 rings (SSSR count). The molecule has 0 aliphatic carbocycles. The van der Waals surface area contributed by atoms with Crippen LogP contribution >= 0.6 is 11.3 Å². The van der Waals surface area contributed by atoms with Crippen molar-refractivity contribution in [1.82, 2.24) is 15.3 Å². The van der Waals surface area contributed by atoms with E-state index in [0.717, 1.165) is 42.8 Å². The number of hydrogen-bond acceptors (Lipinski definition) is 5. The van der Waals surface area contributed by atoms with E-state index in [-0.39, 0.29) is 11.9 Å². The molecule has 0 unspecified atom stereocenters. The van der Waals surface area contributed by atoms with Gasteiger partial charge < -0.3 is 10.6 Å². The standard InChI is InChI=1S/C22H16N4OS/c1-3-14-10-13(8-9-23-14)16-5-4-15-17(26-16)6-7-18-19(15)20-21(28-18)22(27)25-12(2)11-24-20/h1,4-10,12,24H,11H2,2H3,(H,25,27)/t12-/m1/s1. The van der Waals surface area contributed by atoms with Gasteiger partial charge in [-0.25, -0.2) is 9.97 Å². The lowest BCUT2D eigenvalue weighted by atomic mass is 10.1. The van der Waals surface area contributed by atoms with Gasteiger partial charge in [0.2, 0.25) is 0 Å². The van der Waals surface area contributed by atoms with E-state index in [9.17, 15) is 4.79 Å². The van der Waals surface area contributed by atoms with E-state index in [1.807, 2.05) is 37.3 Å². The molecule has 5 nitrogen and oxygen atoms in total. The Labute approximate surface area is 165 Å². The zero-order chi connectivity index (χ0) is 19.3. The Morgan fingerprint density at radius 1 is 1.25 bits per heavy atom. The van der Waals surface area contributed by atoms with Crippen LogP contribution in [0.5, 0.6) is 0 Å². The van der Waals surface area contributed by atoms with E-state index < -0.39 is 0 Å². The molecule has 1 aromatic carbocycles. The molecule has 0 spiro atoms. The van der Waals surface area contributed by atoms with Crippen LogP contribution in [-0.4, -0.2) is 28.5 Å². The summed E-state index contributed by atoms with van der Waals surface area (Å²) in [4.78, 5) is 22.2. The first-order valence-electron chi connectivity index (χ1n) is 8.98. The molecule has 1 aliphatic rings. The Morgan fingerprint density at radius 3 is 3.00 bits per heavy atom. The van der Waals surface area contributed by atoms with Gasteiger partial charge in [0.1, 0.15) is 10.6 Å². The number of terminal acetylenes is 1. The van der Waals surface area contributed by atoms with Gasteiger partial charge in [-0.05, 0) is 43.3 Å². The third kappa shape index (κ3) is 2.60. The summed E-state index contributed by atoms with van der Waals surface area (Å²) in [5.74, 6) is 2.54. The molecule has 0 saturated heterocycles. The van der Waals surface area contributed by atoms with Crippen LogP contribution in [0.25, 0.3) is 32.2 Å². The van der Waals surface area contributed by atoms with Gasteiger partial charge in [-0.2, -0.15) is 0 Å². The molecule has 6 heteroatoms. The first kappa shape index (κ1) is 16.7. The van der Waals surface area contributed by atoms with Crippen LogP contribution in [0.3, 0.4) is 0 Å². The number of rotatable bonds is 1. The summed E-state index contributed by atoms with van der Waals surface area (Å²) in [5, 5.41) is 8.55. The SMILES string of the molecule is C#Cc1cc(-c2ccc3c(ccc4sc5c(c43)NC[C@@H](C)NC5=O)n2)ccn1. The first-order chi connectivity index (χ1) is 13.6. The van der Waals surface area contributed by atoms with E-state index in [2.05, 4.69) is 27.6 Å². The van der Waals surface area contributed by atoms with Gasteiger partial charge >= 0.3 is 0 Å². The van der Waals surface area contributed by atoms with Crippen molar-refractivity contribution in [2.75, 3.05) is 11.9 Å². The molecule has 4 heterocycles. The molecule has 28 heavy (non-hydrogen) atoms. The minimum Gasteiger partial charge on any atom is -0.381 e. The number of carbonyl (C=O) groups is 1. The number of benzene rings is 1. The van der Waals surface area contributed by atoms with Crippen LogP contribution in [0.1, 0.15) is 22.3 Å². The number of nitrogens with zero attached hydrogens (tertiary/aromatic N) is 2. The normalized spacial score (nSPS) is 16.1. The molecule has 0 radical (unpaired) electrons. The lowest BCUT2D eigenvalue weighted by Gasteiger charge is -2.10. The summed E-state index contributed by atoms with van der Waals surface area (Å²) in [6, 6.07) is 11.9. The zero-order valence-electron chi connectivity index (χ0n) is 15.1. The lowest BCUT2D eigenvalue weighted by Crippen LogP contribution is -2.34. The third-order valence-electron chi connectivity index (χ3n) is 4.89. The molecular weight excluding hydrogens is 368 g/mol. The fourth-order valence-electron chi connectivity index (χ4n) is 3.56. The number of carbonyl (C=O) groups excluding carboxylic acids is 1. The average molecular weight is 384 g/mol. The monoisotopic (exact) mass is 384 g/mol. The summed E-state index contributed by atoms with van der Waals surface area (Å²) in [6.07, 6.45) is 7.16. The lowest BCUT2D eigenvalue weighted by molar-refractivity contribution is 0.0949. The van der Waals surface area contributed by atoms with Gasteiger partial charge in [-0.1, -0.05) is 5.92 Å². The van der Waals surface area contributed by atoms with Crippen molar-refractivity contribution in [2.45, 2.75) is 13.0 Å². The van der Waals surface area contributed by atoms with Crippen LogP contribution in [-0.2, 0) is 0 Å². The molecule has 4 aromatic rings. The first-order valence-corrected chi connectivity index (χ1v) is 9.80. The van der Waals surface area contributed by atoms with Gasteiger partial charge in [0, 0.05) is 39.8 Å². The maximum Gasteiger partial charge on any atom is 0.263 e. The van der Waals surface area contributed by atoms with Crippen molar-refractivity contribution >= 4 is 43.9 Å². The van der Waals surface area contributed by atoms with Crippen molar-refractivity contribution in [2.24, 2.45) is 0 Å². The maximum atomic E-state index is 12.5. The molecule has 1 amide bonds. The smallest absolute Gasteiger partial charge is 0.263 e. The highest BCUT2D eigenvalue weighted by Gasteiger charge is 2.24. The minimum absolute atomic E-state index is 0.0231. The van der Waals surface area contributed by atoms with E-state index in [1.54, 1.807) is 6.20 Å². The van der Waals surface area contributed by atoms with Crippen molar-refractivity contribution in [3.05, 3.63) is 53.2 Å². The second-order valence-electron chi connectivity index (χ2n) is 6.84. The second kappa shape index (κ2) is 6.32. The zero-order valence-corrected chi connectivity index (χ0v) is 15.9. The number of fused-ring (bicyclic) bond motifs is 5. The van der Waals surface area contributed by atoms with Gasteiger partial charge in [0.05, 0.1) is 16.9 Å². The molecular formula is C22H16N4OS. The van der Waals surface area contributed by atoms with Crippen molar-refractivity contribution in [1.29, 1.82) is 0 Å². The molecule has 0 bridgehead atoms. The van der Waals surface area contributed by atoms with Crippen molar-refractivity contribution < 1.29 is 4.79 Å². The van der Waals surface area contributed by atoms with E-state index in [4.69, 9.17) is 11.4 Å². The Kier molecular flexibility index (Phi) is 3.78. The summed E-state index contributed by atoms with van der Waals surface area (Å²) in [6.45, 7) is 2.69. The van der Waals surface area contributed by atoms with E-state index in [1.165, 1.54) is 11.3 Å². The number of aromatic nitrogens is 2. The average Bonchev–Trinajstić information content (AvgIpc) is 3.04. The van der Waals surface area contributed by atoms with E-state index in [0.29, 0.717) is 12.2 Å². The molecule has 3 aromatic heterocycles. The largest absolute Gasteiger partial charge is 0.381 e. The molecule has 1 atom stereocenters. The number of hydrogen-bond donors (Lipinski definition) is 2. The number of nitrogens with one attached hydrogen (secondary N) is 2. The predicted molar refractivity (Wildman–Crippen MR) is 114 cm³/mol. The highest BCUT2D eigenvalue weighted by atomic mass is 32.1. The number of thiophene rings is 1. The summed E-state index contributed by atoms with van der Waals surface area (Å²) in [7, 11) is 0. The topological polar surface area (TPSA) is 66.9 Å². The fourth-order valence-corrected chi connectivity index (χ4v) is 4.65. The van der Waals surface area contributed by atoms with Crippen LogP contribution in [0.4, 0.5) is 5.69 Å². The van der Waals surface area contributed by atoms with Gasteiger partial charge in [-0.15, -0.1) is 17.8 Å². The predicted octanol–water partition coefficient (Wildman–Crippen LogP) is 4.04. The van der Waals surface area contributed by atoms with Crippen LogP contribution in [0, 0.1) is 12.3 Å². The fraction of sp³-hybridized carbons (Fsp3) is 0.136. The molecule has 2 N–H and O–H groups in total. The van der Waals surface area contributed by atoms with Crippen molar-refractivity contribution in [3.8, 4) is 23.6 Å². The molecule has 136 valence electrons. The van der Waals surface area contributed by atoms with Gasteiger partial charge in [0.15, 0.2) is 0 Å². The number of pyridine rings is 2. The summed E-state index contributed by atoms with van der Waals surface area (Å²) < 4.78 is 1.07. The molecule has 0 fully saturated rings. The highest BCUT2D eigenvalue weighted by Crippen LogP contribution is 2.41. The van der Waals surface area contributed by atoms with Crippen LogP contribution in [0.2, 0.25) is 0 Å². The minimum atomic E-state index is -0.0231. The Bertz CT molecular complexity index is 1300. The van der Waals surface area contributed by atoms with Gasteiger partial charge in [-0.3, -0.25) is 4.79 Å². The Morgan fingerprint density at radius 2 is 2.14 bits per heavy atom. The third-order valence-corrected chi connectivity index (χ3v) is 6.05. The van der Waals surface area contributed by atoms with Crippen LogP contribution in [0.15, 0.2) is 42.6 Å². The number of anilines is 1. The molecule has 1 aliphatic heterocycles. The van der Waals surface area contributed by atoms with Crippen LogP contribution < -0.4 is 10.6 Å². The molecule has 0 saturated carbocycles. The Hall–Kier alpha value is -3.43. The Balaban J connectivity index is 1.71. The van der Waals surface area contributed by atoms with Crippen molar-refractivity contribution in [3.63, 3.8) is 0 Å². The number of amides is 1. The summed E-state index contributed by atoms with van der Waals surface area (Å²) >= 11 is 1.51. The van der Waals surface area contributed by atoms with E-state index >= 15 is 0 Å². The summed E-state index contributed by atoms with van der Waals surface area (Å²) in [5.41, 5.74) is 4.14.